The van der Waals surface area contributed by atoms with Crippen LogP contribution < -0.4 is 0 Å². The first kappa shape index (κ1) is 15.0. The van der Waals surface area contributed by atoms with Crippen LogP contribution in [-0.2, 0) is 4.74 Å². The molecule has 0 aromatic heterocycles. The van der Waals surface area contributed by atoms with Crippen LogP contribution in [0.2, 0.25) is 0 Å². The standard InChI is InChI=1S/C15H31NO/c1-6-15(13(4)17-5)16(12(2)3)14-10-8-7-9-11-14/h12-15H,6-11H2,1-5H3. The molecule has 0 aliphatic heterocycles. The Morgan fingerprint density at radius 2 is 1.71 bits per heavy atom. The molecule has 2 nitrogen and oxygen atoms in total. The van der Waals surface area contributed by atoms with Crippen molar-refractivity contribution < 1.29 is 4.74 Å². The summed E-state index contributed by atoms with van der Waals surface area (Å²) in [5.41, 5.74) is 0. The van der Waals surface area contributed by atoms with Gasteiger partial charge in [-0.3, -0.25) is 4.90 Å². The molecule has 0 bridgehead atoms. The predicted molar refractivity (Wildman–Crippen MR) is 74.4 cm³/mol. The third-order valence-electron chi connectivity index (χ3n) is 4.31. The summed E-state index contributed by atoms with van der Waals surface area (Å²) in [6, 6.07) is 1.98. The van der Waals surface area contributed by atoms with Crippen molar-refractivity contribution in [2.45, 2.75) is 90.4 Å². The van der Waals surface area contributed by atoms with Crippen LogP contribution in [0.5, 0.6) is 0 Å². The van der Waals surface area contributed by atoms with Gasteiger partial charge in [-0.2, -0.15) is 0 Å². The van der Waals surface area contributed by atoms with Gasteiger partial charge in [0.1, 0.15) is 0 Å². The lowest BCUT2D eigenvalue weighted by molar-refractivity contribution is -0.0202. The summed E-state index contributed by atoms with van der Waals surface area (Å²) >= 11 is 0. The van der Waals surface area contributed by atoms with Gasteiger partial charge in [0.2, 0.25) is 0 Å². The van der Waals surface area contributed by atoms with E-state index in [2.05, 4.69) is 32.6 Å². The van der Waals surface area contributed by atoms with Crippen molar-refractivity contribution in [3.8, 4) is 0 Å². The molecule has 0 aromatic carbocycles. The van der Waals surface area contributed by atoms with Gasteiger partial charge < -0.3 is 4.74 Å². The van der Waals surface area contributed by atoms with Crippen molar-refractivity contribution >= 4 is 0 Å². The highest BCUT2D eigenvalue weighted by Crippen LogP contribution is 2.28. The summed E-state index contributed by atoms with van der Waals surface area (Å²) in [7, 11) is 1.84. The number of nitrogens with zero attached hydrogens (tertiary/aromatic N) is 1. The second-order valence-electron chi connectivity index (χ2n) is 5.75. The van der Waals surface area contributed by atoms with Crippen LogP contribution in [0.25, 0.3) is 0 Å². The lowest BCUT2D eigenvalue weighted by Gasteiger charge is -2.44. The maximum atomic E-state index is 5.58. The van der Waals surface area contributed by atoms with E-state index in [4.69, 9.17) is 4.74 Å². The monoisotopic (exact) mass is 241 g/mol. The molecule has 0 spiro atoms. The Kier molecular flexibility index (Phi) is 6.50. The van der Waals surface area contributed by atoms with E-state index in [9.17, 15) is 0 Å². The lowest BCUT2D eigenvalue weighted by Crippen LogP contribution is -2.52. The summed E-state index contributed by atoms with van der Waals surface area (Å²) in [5, 5.41) is 0. The predicted octanol–water partition coefficient (Wildman–Crippen LogP) is 3.84. The zero-order valence-electron chi connectivity index (χ0n) is 12.4. The third kappa shape index (κ3) is 3.96. The van der Waals surface area contributed by atoms with Crippen molar-refractivity contribution in [2.24, 2.45) is 0 Å². The number of hydrogen-bond acceptors (Lipinski definition) is 2. The van der Waals surface area contributed by atoms with Gasteiger partial charge >= 0.3 is 0 Å². The minimum absolute atomic E-state index is 0.337. The van der Waals surface area contributed by atoms with Gasteiger partial charge in [-0.25, -0.2) is 0 Å². The van der Waals surface area contributed by atoms with Crippen LogP contribution in [0.1, 0.15) is 66.2 Å². The molecule has 0 heterocycles. The fourth-order valence-electron chi connectivity index (χ4n) is 3.40. The molecule has 0 radical (unpaired) electrons. The molecule has 1 fully saturated rings. The Morgan fingerprint density at radius 1 is 1.12 bits per heavy atom. The van der Waals surface area contributed by atoms with Gasteiger partial charge in [0.15, 0.2) is 0 Å². The van der Waals surface area contributed by atoms with Crippen LogP contribution in [0.15, 0.2) is 0 Å². The molecule has 0 saturated heterocycles. The smallest absolute Gasteiger partial charge is 0.0698 e. The summed E-state index contributed by atoms with van der Waals surface area (Å²) < 4.78 is 5.58. The average molecular weight is 241 g/mol. The van der Waals surface area contributed by atoms with Gasteiger partial charge in [-0.15, -0.1) is 0 Å². The average Bonchev–Trinajstić information content (AvgIpc) is 2.35. The Morgan fingerprint density at radius 3 is 2.12 bits per heavy atom. The van der Waals surface area contributed by atoms with E-state index >= 15 is 0 Å². The molecular formula is C15H31NO. The van der Waals surface area contributed by atoms with E-state index in [0.29, 0.717) is 18.2 Å². The normalized spacial score (nSPS) is 22.1. The van der Waals surface area contributed by atoms with Crippen molar-refractivity contribution in [3.05, 3.63) is 0 Å². The van der Waals surface area contributed by atoms with Crippen molar-refractivity contribution in [3.63, 3.8) is 0 Å². The summed E-state index contributed by atoms with van der Waals surface area (Å²) in [4.78, 5) is 2.73. The Balaban J connectivity index is 2.74. The third-order valence-corrected chi connectivity index (χ3v) is 4.31. The van der Waals surface area contributed by atoms with E-state index in [1.165, 1.54) is 38.5 Å². The van der Waals surface area contributed by atoms with E-state index in [-0.39, 0.29) is 0 Å². The first-order chi connectivity index (χ1) is 8.11. The van der Waals surface area contributed by atoms with Crippen LogP contribution in [0.4, 0.5) is 0 Å². The largest absolute Gasteiger partial charge is 0.380 e. The zero-order valence-corrected chi connectivity index (χ0v) is 12.4. The Hall–Kier alpha value is -0.0800. The van der Waals surface area contributed by atoms with E-state index < -0.39 is 0 Å². The quantitative estimate of drug-likeness (QED) is 0.700. The number of hydrogen-bond donors (Lipinski definition) is 0. The number of ether oxygens (including phenoxy) is 1. The fourth-order valence-corrected chi connectivity index (χ4v) is 3.40. The molecule has 2 atom stereocenters. The second-order valence-corrected chi connectivity index (χ2v) is 5.75. The van der Waals surface area contributed by atoms with E-state index in [1.807, 2.05) is 7.11 Å². The van der Waals surface area contributed by atoms with Crippen molar-refractivity contribution in [1.82, 2.24) is 4.90 Å². The summed E-state index contributed by atoms with van der Waals surface area (Å²) in [5.74, 6) is 0. The highest BCUT2D eigenvalue weighted by atomic mass is 16.5. The first-order valence-electron chi connectivity index (χ1n) is 7.42. The van der Waals surface area contributed by atoms with Crippen molar-refractivity contribution in [2.75, 3.05) is 7.11 Å². The molecule has 1 saturated carbocycles. The minimum atomic E-state index is 0.337. The topological polar surface area (TPSA) is 12.5 Å². The molecule has 1 aliphatic rings. The molecule has 0 aromatic rings. The highest BCUT2D eigenvalue weighted by molar-refractivity contribution is 4.86. The lowest BCUT2D eigenvalue weighted by atomic mass is 9.90. The molecule has 17 heavy (non-hydrogen) atoms. The van der Waals surface area contributed by atoms with E-state index in [1.54, 1.807) is 0 Å². The summed E-state index contributed by atoms with van der Waals surface area (Å²) in [6.07, 6.45) is 8.53. The van der Waals surface area contributed by atoms with Crippen LogP contribution in [0.3, 0.4) is 0 Å². The molecule has 1 rings (SSSR count). The molecule has 2 unspecified atom stereocenters. The maximum absolute atomic E-state index is 5.58. The number of rotatable bonds is 6. The second kappa shape index (κ2) is 7.38. The van der Waals surface area contributed by atoms with Gasteiger partial charge in [-0.05, 0) is 40.0 Å². The minimum Gasteiger partial charge on any atom is -0.380 e. The van der Waals surface area contributed by atoms with Crippen LogP contribution in [-0.4, -0.2) is 36.2 Å². The Bertz CT molecular complexity index is 199. The molecule has 102 valence electrons. The first-order valence-corrected chi connectivity index (χ1v) is 7.42. The van der Waals surface area contributed by atoms with Gasteiger partial charge in [0.05, 0.1) is 6.10 Å². The van der Waals surface area contributed by atoms with Crippen molar-refractivity contribution in [1.29, 1.82) is 0 Å². The zero-order chi connectivity index (χ0) is 12.8. The Labute approximate surface area is 108 Å². The number of methoxy groups -OCH3 is 1. The highest BCUT2D eigenvalue weighted by Gasteiger charge is 2.31. The molecule has 0 N–H and O–H groups in total. The molecule has 2 heteroatoms. The molecular weight excluding hydrogens is 210 g/mol. The van der Waals surface area contributed by atoms with Gasteiger partial charge in [0, 0.05) is 25.2 Å². The van der Waals surface area contributed by atoms with Gasteiger partial charge in [-0.1, -0.05) is 26.2 Å². The van der Waals surface area contributed by atoms with E-state index in [0.717, 1.165) is 6.04 Å². The molecule has 1 aliphatic carbocycles. The fraction of sp³-hybridized carbons (Fsp3) is 1.00. The summed E-state index contributed by atoms with van der Waals surface area (Å²) in [6.45, 7) is 9.17. The molecule has 0 amide bonds. The van der Waals surface area contributed by atoms with Crippen LogP contribution >= 0.6 is 0 Å². The SMILES string of the molecule is CCC(C(C)OC)N(C(C)C)C1CCCCC1. The van der Waals surface area contributed by atoms with Crippen LogP contribution in [0, 0.1) is 0 Å². The maximum Gasteiger partial charge on any atom is 0.0698 e. The van der Waals surface area contributed by atoms with Gasteiger partial charge in [0.25, 0.3) is 0 Å².